The molecule has 2 heterocycles. The quantitative estimate of drug-likeness (QED) is 0.306. The van der Waals surface area contributed by atoms with E-state index < -0.39 is 0 Å². The van der Waals surface area contributed by atoms with Gasteiger partial charge in [0.05, 0.1) is 0 Å². The lowest BCUT2D eigenvalue weighted by Gasteiger charge is -2.05. The molecule has 0 saturated carbocycles. The van der Waals surface area contributed by atoms with Crippen molar-refractivity contribution in [3.63, 3.8) is 0 Å². The average Bonchev–Trinajstić information content (AvgIpc) is 3.20. The van der Waals surface area contributed by atoms with Crippen molar-refractivity contribution in [2.45, 2.75) is 13.3 Å². The summed E-state index contributed by atoms with van der Waals surface area (Å²) in [5.41, 5.74) is 9.19. The van der Waals surface area contributed by atoms with Crippen LogP contribution in [0.4, 0.5) is 0 Å². The van der Waals surface area contributed by atoms with Gasteiger partial charge < -0.3 is 9.13 Å². The molecule has 2 heteroatoms. The number of benzene rings is 4. The maximum absolute atomic E-state index is 2.38. The van der Waals surface area contributed by atoms with Gasteiger partial charge in [0.15, 0.2) is 0 Å². The standard InChI is InChI=1S/C28H24N2/c1-18-8-11-26-22(14-18)24-17-20(10-13-28(24)30(26)3)15-19-9-12-27-23(16-19)21-6-4-5-7-25(21)29(27)2/h4-14,16-17H,15H2,1-3H3. The molecule has 0 aliphatic rings. The van der Waals surface area contributed by atoms with Gasteiger partial charge in [0, 0.05) is 57.7 Å². The van der Waals surface area contributed by atoms with E-state index in [-0.39, 0.29) is 0 Å². The minimum absolute atomic E-state index is 0.942. The van der Waals surface area contributed by atoms with Crippen molar-refractivity contribution in [3.05, 3.63) is 95.6 Å². The van der Waals surface area contributed by atoms with Crippen molar-refractivity contribution in [2.24, 2.45) is 14.1 Å². The van der Waals surface area contributed by atoms with Gasteiger partial charge in [-0.05, 0) is 66.9 Å². The third-order valence-electron chi connectivity index (χ3n) is 6.61. The van der Waals surface area contributed by atoms with Gasteiger partial charge in [-0.3, -0.25) is 0 Å². The van der Waals surface area contributed by atoms with Crippen LogP contribution in [0, 0.1) is 6.92 Å². The van der Waals surface area contributed by atoms with Crippen LogP contribution in [0.5, 0.6) is 0 Å². The predicted octanol–water partition coefficient (Wildman–Crippen LogP) is 6.88. The largest absolute Gasteiger partial charge is 0.344 e. The normalized spacial score (nSPS) is 12.0. The van der Waals surface area contributed by atoms with Crippen molar-refractivity contribution >= 4 is 43.6 Å². The zero-order valence-electron chi connectivity index (χ0n) is 17.6. The van der Waals surface area contributed by atoms with E-state index in [0.717, 1.165) is 6.42 Å². The van der Waals surface area contributed by atoms with E-state index in [2.05, 4.69) is 109 Å². The van der Waals surface area contributed by atoms with Crippen LogP contribution < -0.4 is 0 Å². The lowest BCUT2D eigenvalue weighted by Crippen LogP contribution is -1.90. The average molecular weight is 389 g/mol. The number of aryl methyl sites for hydroxylation is 3. The van der Waals surface area contributed by atoms with Crippen LogP contribution in [0.2, 0.25) is 0 Å². The summed E-state index contributed by atoms with van der Waals surface area (Å²) in [5.74, 6) is 0. The molecule has 146 valence electrons. The molecule has 0 radical (unpaired) electrons. The van der Waals surface area contributed by atoms with Crippen LogP contribution in [-0.4, -0.2) is 9.13 Å². The number of hydrogen-bond acceptors (Lipinski definition) is 0. The zero-order valence-corrected chi connectivity index (χ0v) is 17.6. The molecule has 0 spiro atoms. The summed E-state index contributed by atoms with van der Waals surface area (Å²) in [4.78, 5) is 0. The molecule has 0 unspecified atom stereocenters. The maximum atomic E-state index is 2.38. The number of hydrogen-bond donors (Lipinski definition) is 0. The lowest BCUT2D eigenvalue weighted by molar-refractivity contribution is 1.01. The molecule has 0 aliphatic heterocycles. The highest BCUT2D eigenvalue weighted by Gasteiger charge is 2.11. The molecule has 0 saturated heterocycles. The van der Waals surface area contributed by atoms with Crippen LogP contribution >= 0.6 is 0 Å². The van der Waals surface area contributed by atoms with Crippen LogP contribution in [0.1, 0.15) is 16.7 Å². The zero-order chi connectivity index (χ0) is 20.4. The molecular formula is C28H24N2. The van der Waals surface area contributed by atoms with Gasteiger partial charge in [-0.25, -0.2) is 0 Å². The summed E-state index contributed by atoms with van der Waals surface area (Å²) in [6, 6.07) is 29.3. The molecular weight excluding hydrogens is 364 g/mol. The summed E-state index contributed by atoms with van der Waals surface area (Å²) in [7, 11) is 4.31. The molecule has 4 aromatic carbocycles. The molecule has 30 heavy (non-hydrogen) atoms. The van der Waals surface area contributed by atoms with Crippen molar-refractivity contribution in [2.75, 3.05) is 0 Å². The summed E-state index contributed by atoms with van der Waals surface area (Å²) >= 11 is 0. The number of aromatic nitrogens is 2. The molecule has 0 atom stereocenters. The minimum Gasteiger partial charge on any atom is -0.344 e. The number of fused-ring (bicyclic) bond motifs is 6. The Balaban J connectivity index is 1.48. The monoisotopic (exact) mass is 388 g/mol. The Kier molecular flexibility index (Phi) is 3.61. The first-order valence-corrected chi connectivity index (χ1v) is 10.5. The number of rotatable bonds is 2. The second-order valence-electron chi connectivity index (χ2n) is 8.54. The van der Waals surface area contributed by atoms with Crippen LogP contribution in [-0.2, 0) is 20.5 Å². The maximum Gasteiger partial charge on any atom is 0.0488 e. The molecule has 2 nitrogen and oxygen atoms in total. The van der Waals surface area contributed by atoms with Crippen molar-refractivity contribution in [3.8, 4) is 0 Å². The van der Waals surface area contributed by atoms with E-state index in [1.807, 2.05) is 0 Å². The lowest BCUT2D eigenvalue weighted by atomic mass is 10.0. The second-order valence-corrected chi connectivity index (χ2v) is 8.54. The van der Waals surface area contributed by atoms with E-state index >= 15 is 0 Å². The molecule has 0 N–H and O–H groups in total. The summed E-state index contributed by atoms with van der Waals surface area (Å²) < 4.78 is 4.59. The Morgan fingerprint density at radius 3 is 1.70 bits per heavy atom. The van der Waals surface area contributed by atoms with E-state index in [1.165, 1.54) is 60.3 Å². The third kappa shape index (κ3) is 2.43. The molecule has 0 aliphatic carbocycles. The van der Waals surface area contributed by atoms with Gasteiger partial charge in [-0.2, -0.15) is 0 Å². The van der Waals surface area contributed by atoms with Crippen LogP contribution in [0.15, 0.2) is 78.9 Å². The Morgan fingerprint density at radius 1 is 0.533 bits per heavy atom. The van der Waals surface area contributed by atoms with Crippen LogP contribution in [0.25, 0.3) is 43.6 Å². The fraction of sp³-hybridized carbons (Fsp3) is 0.143. The fourth-order valence-electron chi connectivity index (χ4n) is 5.05. The second kappa shape index (κ2) is 6.24. The first-order chi connectivity index (χ1) is 14.6. The highest BCUT2D eigenvalue weighted by atomic mass is 14.9. The predicted molar refractivity (Wildman–Crippen MR) is 128 cm³/mol. The first kappa shape index (κ1) is 17.3. The van der Waals surface area contributed by atoms with E-state index in [4.69, 9.17) is 0 Å². The Hall–Kier alpha value is -3.52. The Labute approximate surface area is 176 Å². The Morgan fingerprint density at radius 2 is 1.03 bits per heavy atom. The molecule has 6 aromatic rings. The van der Waals surface area contributed by atoms with Gasteiger partial charge in [0.25, 0.3) is 0 Å². The van der Waals surface area contributed by atoms with Gasteiger partial charge >= 0.3 is 0 Å². The van der Waals surface area contributed by atoms with Gasteiger partial charge in [-0.1, -0.05) is 42.0 Å². The topological polar surface area (TPSA) is 9.86 Å². The molecule has 0 amide bonds. The smallest absolute Gasteiger partial charge is 0.0488 e. The van der Waals surface area contributed by atoms with Gasteiger partial charge in [-0.15, -0.1) is 0 Å². The van der Waals surface area contributed by atoms with Crippen molar-refractivity contribution < 1.29 is 0 Å². The van der Waals surface area contributed by atoms with Gasteiger partial charge in [0.1, 0.15) is 0 Å². The number of para-hydroxylation sites is 1. The van der Waals surface area contributed by atoms with Crippen molar-refractivity contribution in [1.29, 1.82) is 0 Å². The molecule has 2 aromatic heterocycles. The fourth-order valence-corrected chi connectivity index (χ4v) is 5.05. The summed E-state index contributed by atoms with van der Waals surface area (Å²) in [6.07, 6.45) is 0.942. The molecule has 0 fully saturated rings. The third-order valence-corrected chi connectivity index (χ3v) is 6.61. The highest BCUT2D eigenvalue weighted by Crippen LogP contribution is 2.32. The van der Waals surface area contributed by atoms with E-state index in [0.29, 0.717) is 0 Å². The molecule has 0 bridgehead atoms. The molecule has 6 rings (SSSR count). The minimum atomic E-state index is 0.942. The first-order valence-electron chi connectivity index (χ1n) is 10.5. The van der Waals surface area contributed by atoms with E-state index in [9.17, 15) is 0 Å². The highest BCUT2D eigenvalue weighted by molar-refractivity contribution is 6.09. The summed E-state index contributed by atoms with van der Waals surface area (Å²) in [6.45, 7) is 2.17. The summed E-state index contributed by atoms with van der Waals surface area (Å²) in [5, 5.41) is 5.36. The number of nitrogens with zero attached hydrogens (tertiary/aromatic N) is 2. The van der Waals surface area contributed by atoms with Crippen LogP contribution in [0.3, 0.4) is 0 Å². The SMILES string of the molecule is Cc1ccc2c(c1)c1cc(Cc3ccc4c(c3)c3ccccc3n4C)ccc1n2C. The van der Waals surface area contributed by atoms with E-state index in [1.54, 1.807) is 0 Å². The Bertz CT molecular complexity index is 1590. The van der Waals surface area contributed by atoms with Crippen molar-refractivity contribution in [1.82, 2.24) is 9.13 Å². The van der Waals surface area contributed by atoms with Gasteiger partial charge in [0.2, 0.25) is 0 Å².